The molecule has 0 unspecified atom stereocenters. The molecule has 0 saturated heterocycles. The molecule has 0 amide bonds. The largest absolute Gasteiger partial charge is 0.0795 e. The van der Waals surface area contributed by atoms with Gasteiger partial charge in [-0.2, -0.15) is 0 Å². The summed E-state index contributed by atoms with van der Waals surface area (Å²) >= 11 is 0. The zero-order valence-electron chi connectivity index (χ0n) is 26.6. The molecule has 0 bridgehead atoms. The van der Waals surface area contributed by atoms with Crippen LogP contribution in [0.15, 0.2) is 157 Å². The molecule has 0 spiro atoms. The van der Waals surface area contributed by atoms with Crippen molar-refractivity contribution in [3.8, 4) is 22.3 Å². The summed E-state index contributed by atoms with van der Waals surface area (Å²) in [6.07, 6.45) is 13.6. The summed E-state index contributed by atoms with van der Waals surface area (Å²) < 4.78 is 0. The third-order valence-electron chi connectivity index (χ3n) is 10.4. The Labute approximate surface area is 282 Å². The molecule has 0 radical (unpaired) electrons. The van der Waals surface area contributed by atoms with E-state index in [0.29, 0.717) is 0 Å². The molecular weight excluding hydrogens is 577 g/mol. The zero-order valence-corrected chi connectivity index (χ0v) is 26.6. The van der Waals surface area contributed by atoms with Crippen LogP contribution in [0.2, 0.25) is 0 Å². The topological polar surface area (TPSA) is 0 Å². The minimum Gasteiger partial charge on any atom is -0.0795 e. The van der Waals surface area contributed by atoms with Crippen LogP contribution in [0.3, 0.4) is 0 Å². The van der Waals surface area contributed by atoms with Gasteiger partial charge in [0, 0.05) is 0 Å². The van der Waals surface area contributed by atoms with Crippen LogP contribution in [0, 0.1) is 0 Å². The van der Waals surface area contributed by atoms with E-state index < -0.39 is 0 Å². The van der Waals surface area contributed by atoms with Gasteiger partial charge in [-0.1, -0.05) is 140 Å². The quantitative estimate of drug-likeness (QED) is 0.183. The van der Waals surface area contributed by atoms with Crippen LogP contribution in [0.5, 0.6) is 0 Å². The first kappa shape index (κ1) is 27.2. The highest BCUT2D eigenvalue weighted by Crippen LogP contribution is 2.59. The van der Waals surface area contributed by atoms with E-state index in [0.717, 1.165) is 12.8 Å². The van der Waals surface area contributed by atoms with Crippen LogP contribution < -0.4 is 0 Å². The lowest BCUT2D eigenvalue weighted by Crippen LogP contribution is -1.96. The standard InChI is InChI=1S/C48H32/c1-4-12-33(13-5-1)41-28-40-29-44-45(38-24-22-31-18-10-20-36(31)26-38)47(39-25-23-32-19-11-21-37(32)27-39)46(35-16-8-3-9-17-35)48(44)43(40)30-42(41)34-14-6-2-7-15-34/h1-17,20-30H,18-19H2. The molecule has 10 rings (SSSR count). The van der Waals surface area contributed by atoms with Crippen molar-refractivity contribution in [2.24, 2.45) is 0 Å². The Hall–Kier alpha value is -5.98. The fourth-order valence-corrected chi connectivity index (χ4v) is 8.18. The smallest absolute Gasteiger partial charge is 0.00134 e. The molecule has 0 atom stereocenters. The van der Waals surface area contributed by atoms with Crippen LogP contribution in [0.1, 0.15) is 50.1 Å². The number of allylic oxidation sites excluding steroid dienone is 7. The Morgan fingerprint density at radius 1 is 0.333 bits per heavy atom. The highest BCUT2D eigenvalue weighted by atomic mass is 14.4. The van der Waals surface area contributed by atoms with Gasteiger partial charge in [-0.05, 0) is 143 Å². The van der Waals surface area contributed by atoms with Crippen LogP contribution in [-0.4, -0.2) is 0 Å². The fraction of sp³-hybridized carbons (Fsp3) is 0.0417. The van der Waals surface area contributed by atoms with Crippen molar-refractivity contribution >= 4 is 40.5 Å². The Bertz CT molecular complexity index is 2450. The molecule has 0 heteroatoms. The summed E-state index contributed by atoms with van der Waals surface area (Å²) in [5, 5.41) is 0. The van der Waals surface area contributed by atoms with Crippen LogP contribution in [0.25, 0.3) is 62.8 Å². The molecule has 0 fully saturated rings. The molecule has 4 aliphatic rings. The lowest BCUT2D eigenvalue weighted by atomic mass is 9.85. The monoisotopic (exact) mass is 608 g/mol. The average Bonchev–Trinajstić information content (AvgIpc) is 3.95. The highest BCUT2D eigenvalue weighted by Gasteiger charge is 2.37. The minimum atomic E-state index is 1.01. The van der Waals surface area contributed by atoms with Crippen LogP contribution >= 0.6 is 0 Å². The molecule has 0 aliphatic heterocycles. The van der Waals surface area contributed by atoms with Gasteiger partial charge in [-0.15, -0.1) is 0 Å². The maximum absolute atomic E-state index is 2.47. The lowest BCUT2D eigenvalue weighted by molar-refractivity contribution is 1.30. The second-order valence-corrected chi connectivity index (χ2v) is 13.2. The van der Waals surface area contributed by atoms with E-state index in [1.165, 1.54) is 100 Å². The maximum Gasteiger partial charge on any atom is -0.00134 e. The van der Waals surface area contributed by atoms with E-state index >= 15 is 0 Å². The molecule has 6 aromatic carbocycles. The predicted molar refractivity (Wildman–Crippen MR) is 204 cm³/mol. The third kappa shape index (κ3) is 4.23. The Balaban J connectivity index is 1.29. The predicted octanol–water partition coefficient (Wildman–Crippen LogP) is 12.1. The number of fused-ring (bicyclic) bond motifs is 5. The molecule has 0 heterocycles. The van der Waals surface area contributed by atoms with Crippen molar-refractivity contribution < 1.29 is 0 Å². The van der Waals surface area contributed by atoms with Crippen molar-refractivity contribution in [1.82, 2.24) is 0 Å². The van der Waals surface area contributed by atoms with Crippen molar-refractivity contribution in [1.29, 1.82) is 0 Å². The number of hydrogen-bond donors (Lipinski definition) is 0. The first-order valence-electron chi connectivity index (χ1n) is 17.0. The van der Waals surface area contributed by atoms with Gasteiger partial charge in [0.15, 0.2) is 0 Å². The van der Waals surface area contributed by atoms with Crippen molar-refractivity contribution in [3.63, 3.8) is 0 Å². The summed E-state index contributed by atoms with van der Waals surface area (Å²) in [4.78, 5) is 0. The Morgan fingerprint density at radius 2 is 0.833 bits per heavy atom. The van der Waals surface area contributed by atoms with E-state index in [-0.39, 0.29) is 0 Å². The summed E-state index contributed by atoms with van der Waals surface area (Å²) in [6.45, 7) is 0. The molecule has 224 valence electrons. The van der Waals surface area contributed by atoms with E-state index in [1.54, 1.807) is 0 Å². The third-order valence-corrected chi connectivity index (χ3v) is 10.4. The van der Waals surface area contributed by atoms with Gasteiger partial charge in [0.1, 0.15) is 0 Å². The fourth-order valence-electron chi connectivity index (χ4n) is 8.18. The van der Waals surface area contributed by atoms with Crippen LogP contribution in [-0.2, 0) is 12.8 Å². The van der Waals surface area contributed by atoms with Gasteiger partial charge in [-0.3, -0.25) is 0 Å². The summed E-state index contributed by atoms with van der Waals surface area (Å²) in [6, 6.07) is 51.9. The number of rotatable bonds is 5. The van der Waals surface area contributed by atoms with Gasteiger partial charge < -0.3 is 0 Å². The minimum absolute atomic E-state index is 1.01. The molecule has 48 heavy (non-hydrogen) atoms. The second kappa shape index (κ2) is 10.8. The molecule has 0 aromatic heterocycles. The molecule has 0 nitrogen and oxygen atoms in total. The average molecular weight is 609 g/mol. The zero-order chi connectivity index (χ0) is 31.6. The first-order valence-corrected chi connectivity index (χ1v) is 17.0. The number of benzene rings is 6. The second-order valence-electron chi connectivity index (χ2n) is 13.2. The van der Waals surface area contributed by atoms with Gasteiger partial charge in [0.25, 0.3) is 0 Å². The normalized spacial score (nSPS) is 15.1. The van der Waals surface area contributed by atoms with E-state index in [4.69, 9.17) is 0 Å². The van der Waals surface area contributed by atoms with Crippen molar-refractivity contribution in [2.45, 2.75) is 12.8 Å². The SMILES string of the molecule is C1=Cc2cc(C3=C(c4ccc5c(c4)C=CC5)C(c4ccccc4)=C4C3=Cc3cc(-c5ccccc5)c(-c5ccccc5)cc34)ccc2C1. The van der Waals surface area contributed by atoms with E-state index in [9.17, 15) is 0 Å². The number of hydrogen-bond acceptors (Lipinski definition) is 0. The van der Waals surface area contributed by atoms with Crippen molar-refractivity contribution in [2.75, 3.05) is 0 Å². The highest BCUT2D eigenvalue weighted by molar-refractivity contribution is 6.37. The first-order chi connectivity index (χ1) is 23.8. The molecule has 0 saturated carbocycles. The Morgan fingerprint density at radius 3 is 1.42 bits per heavy atom. The van der Waals surface area contributed by atoms with E-state index in [2.05, 4.69) is 170 Å². The van der Waals surface area contributed by atoms with Gasteiger partial charge >= 0.3 is 0 Å². The Kier molecular flexibility index (Phi) is 6.11. The summed E-state index contributed by atoms with van der Waals surface area (Å²) in [5.41, 5.74) is 23.5. The van der Waals surface area contributed by atoms with Gasteiger partial charge in [0.05, 0.1) is 0 Å². The lowest BCUT2D eigenvalue weighted by Gasteiger charge is -2.17. The van der Waals surface area contributed by atoms with Gasteiger partial charge in [0.2, 0.25) is 0 Å². The van der Waals surface area contributed by atoms with E-state index in [1.807, 2.05) is 0 Å². The summed E-state index contributed by atoms with van der Waals surface area (Å²) in [5.74, 6) is 0. The molecule has 6 aromatic rings. The van der Waals surface area contributed by atoms with Gasteiger partial charge in [-0.25, -0.2) is 0 Å². The molecule has 0 N–H and O–H groups in total. The molecular formula is C48H32. The summed E-state index contributed by atoms with van der Waals surface area (Å²) in [7, 11) is 0. The van der Waals surface area contributed by atoms with Crippen molar-refractivity contribution in [3.05, 3.63) is 207 Å². The van der Waals surface area contributed by atoms with Crippen LogP contribution in [0.4, 0.5) is 0 Å². The maximum atomic E-state index is 2.47. The molecule has 4 aliphatic carbocycles.